The van der Waals surface area contributed by atoms with Gasteiger partial charge in [-0.25, -0.2) is 0 Å². The van der Waals surface area contributed by atoms with E-state index in [9.17, 15) is 26.3 Å². The summed E-state index contributed by atoms with van der Waals surface area (Å²) in [4.78, 5) is 0. The maximum absolute atomic E-state index is 12.4. The predicted molar refractivity (Wildman–Crippen MR) is 62.8 cm³/mol. The molecule has 0 saturated heterocycles. The molecule has 9 heteroatoms. The summed E-state index contributed by atoms with van der Waals surface area (Å²) in [6.07, 6.45) is -10.4. The Kier molecular flexibility index (Phi) is 6.16. The first kappa shape index (κ1) is 18.8. The fourth-order valence-electron chi connectivity index (χ4n) is 1.55. The van der Waals surface area contributed by atoms with Crippen molar-refractivity contribution in [2.24, 2.45) is 5.73 Å². The van der Waals surface area contributed by atoms with Gasteiger partial charge in [0.2, 0.25) is 0 Å². The number of halogens is 7. The molecule has 0 aliphatic rings. The van der Waals surface area contributed by atoms with Crippen molar-refractivity contribution in [2.75, 3.05) is 7.11 Å². The van der Waals surface area contributed by atoms with Crippen LogP contribution in [0.1, 0.15) is 23.6 Å². The molecule has 1 aromatic rings. The van der Waals surface area contributed by atoms with Gasteiger partial charge in [-0.2, -0.15) is 26.3 Å². The van der Waals surface area contributed by atoms with E-state index in [2.05, 4.69) is 4.74 Å². The monoisotopic (exact) mass is 323 g/mol. The van der Waals surface area contributed by atoms with Gasteiger partial charge in [0.15, 0.2) is 0 Å². The van der Waals surface area contributed by atoms with Crippen LogP contribution in [-0.2, 0) is 6.18 Å². The van der Waals surface area contributed by atoms with E-state index in [1.165, 1.54) is 0 Å². The molecule has 0 aliphatic heterocycles. The highest BCUT2D eigenvalue weighted by Crippen LogP contribution is 2.37. The molecule has 0 spiro atoms. The van der Waals surface area contributed by atoms with Crippen LogP contribution in [0.15, 0.2) is 18.2 Å². The second-order valence-electron chi connectivity index (χ2n) is 3.88. The number of methoxy groups -OCH3 is 1. The Balaban J connectivity index is 0.00000361. The SMILES string of the molecule is COc1cc(C(F)(F)F)ccc1[C@@H](N)CC(F)(F)F.Cl. The van der Waals surface area contributed by atoms with E-state index in [1.807, 2.05) is 0 Å². The molecule has 0 bridgehead atoms. The van der Waals surface area contributed by atoms with E-state index in [0.29, 0.717) is 12.1 Å². The third kappa shape index (κ3) is 5.09. The second-order valence-corrected chi connectivity index (χ2v) is 3.88. The quantitative estimate of drug-likeness (QED) is 0.850. The number of nitrogens with two attached hydrogens (primary N) is 1. The number of benzene rings is 1. The molecule has 2 N–H and O–H groups in total. The zero-order chi connectivity index (χ0) is 14.8. The number of alkyl halides is 6. The molecule has 0 radical (unpaired) electrons. The molecular weight excluding hydrogens is 312 g/mol. The van der Waals surface area contributed by atoms with Crippen LogP contribution >= 0.6 is 12.4 Å². The number of hydrogen-bond donors (Lipinski definition) is 1. The molecule has 0 fully saturated rings. The number of ether oxygens (including phenoxy) is 1. The van der Waals surface area contributed by atoms with E-state index in [-0.39, 0.29) is 23.7 Å². The minimum absolute atomic E-state index is 0. The largest absolute Gasteiger partial charge is 0.496 e. The molecule has 116 valence electrons. The molecule has 20 heavy (non-hydrogen) atoms. The summed E-state index contributed by atoms with van der Waals surface area (Å²) in [6, 6.07) is 0.731. The minimum Gasteiger partial charge on any atom is -0.496 e. The lowest BCUT2D eigenvalue weighted by atomic mass is 10.0. The Bertz CT molecular complexity index is 446. The van der Waals surface area contributed by atoms with Crippen LogP contribution in [0, 0.1) is 0 Å². The molecule has 0 unspecified atom stereocenters. The normalized spacial score (nSPS) is 13.6. The Morgan fingerprint density at radius 1 is 1.15 bits per heavy atom. The van der Waals surface area contributed by atoms with Gasteiger partial charge in [0.25, 0.3) is 0 Å². The Labute approximate surface area is 117 Å². The fraction of sp³-hybridized carbons (Fsp3) is 0.455. The highest BCUT2D eigenvalue weighted by Gasteiger charge is 2.34. The van der Waals surface area contributed by atoms with Gasteiger partial charge in [-0.15, -0.1) is 12.4 Å². The molecule has 0 aromatic heterocycles. The molecule has 1 rings (SSSR count). The zero-order valence-corrected chi connectivity index (χ0v) is 11.0. The summed E-state index contributed by atoms with van der Waals surface area (Å²) in [5.74, 6) is -0.313. The highest BCUT2D eigenvalue weighted by atomic mass is 35.5. The van der Waals surface area contributed by atoms with Gasteiger partial charge in [0.05, 0.1) is 19.1 Å². The van der Waals surface area contributed by atoms with Crippen molar-refractivity contribution in [3.05, 3.63) is 29.3 Å². The van der Waals surface area contributed by atoms with Crippen molar-refractivity contribution in [3.8, 4) is 5.75 Å². The van der Waals surface area contributed by atoms with Crippen molar-refractivity contribution >= 4 is 12.4 Å². The summed E-state index contributed by atoms with van der Waals surface area (Å²) in [5.41, 5.74) is 4.21. The van der Waals surface area contributed by atoms with Crippen molar-refractivity contribution in [3.63, 3.8) is 0 Å². The maximum Gasteiger partial charge on any atom is 0.416 e. The summed E-state index contributed by atoms with van der Waals surface area (Å²) in [5, 5.41) is 0. The molecule has 0 amide bonds. The zero-order valence-electron chi connectivity index (χ0n) is 10.2. The van der Waals surface area contributed by atoms with Crippen molar-refractivity contribution in [1.29, 1.82) is 0 Å². The van der Waals surface area contributed by atoms with Crippen LogP contribution in [0.25, 0.3) is 0 Å². The van der Waals surface area contributed by atoms with E-state index in [0.717, 1.165) is 13.2 Å². The van der Waals surface area contributed by atoms with Crippen LogP contribution in [0.4, 0.5) is 26.3 Å². The van der Waals surface area contributed by atoms with Crippen LogP contribution < -0.4 is 10.5 Å². The van der Waals surface area contributed by atoms with Gasteiger partial charge in [-0.05, 0) is 12.1 Å². The Morgan fingerprint density at radius 3 is 2.10 bits per heavy atom. The van der Waals surface area contributed by atoms with Crippen molar-refractivity contribution < 1.29 is 31.1 Å². The highest BCUT2D eigenvalue weighted by molar-refractivity contribution is 5.85. The molecule has 1 atom stereocenters. The van der Waals surface area contributed by atoms with E-state index >= 15 is 0 Å². The fourth-order valence-corrected chi connectivity index (χ4v) is 1.55. The van der Waals surface area contributed by atoms with Crippen LogP contribution in [0.3, 0.4) is 0 Å². The molecule has 1 aromatic carbocycles. The lowest BCUT2D eigenvalue weighted by Gasteiger charge is -2.18. The lowest BCUT2D eigenvalue weighted by Crippen LogP contribution is -2.21. The first-order valence-electron chi connectivity index (χ1n) is 5.12. The first-order valence-corrected chi connectivity index (χ1v) is 5.12. The lowest BCUT2D eigenvalue weighted by molar-refractivity contribution is -0.139. The van der Waals surface area contributed by atoms with Gasteiger partial charge >= 0.3 is 12.4 Å². The van der Waals surface area contributed by atoms with Crippen LogP contribution in [-0.4, -0.2) is 13.3 Å². The van der Waals surface area contributed by atoms with E-state index < -0.39 is 30.4 Å². The predicted octanol–water partition coefficient (Wildman–Crippen LogP) is 4.09. The summed E-state index contributed by atoms with van der Waals surface area (Å²) in [6.45, 7) is 0. The van der Waals surface area contributed by atoms with Gasteiger partial charge < -0.3 is 10.5 Å². The van der Waals surface area contributed by atoms with Crippen molar-refractivity contribution in [2.45, 2.75) is 24.8 Å². The third-order valence-electron chi connectivity index (χ3n) is 2.41. The summed E-state index contributed by atoms with van der Waals surface area (Å²) >= 11 is 0. The topological polar surface area (TPSA) is 35.2 Å². The smallest absolute Gasteiger partial charge is 0.416 e. The molecule has 0 heterocycles. The Morgan fingerprint density at radius 2 is 1.70 bits per heavy atom. The van der Waals surface area contributed by atoms with Gasteiger partial charge in [-0.1, -0.05) is 6.07 Å². The molecule has 0 aliphatic carbocycles. The van der Waals surface area contributed by atoms with Gasteiger partial charge in [0.1, 0.15) is 5.75 Å². The summed E-state index contributed by atoms with van der Waals surface area (Å²) in [7, 11) is 1.07. The third-order valence-corrected chi connectivity index (χ3v) is 2.41. The molecular formula is C11H12ClF6NO. The summed E-state index contributed by atoms with van der Waals surface area (Å²) < 4.78 is 78.6. The molecule has 2 nitrogen and oxygen atoms in total. The van der Waals surface area contributed by atoms with Gasteiger partial charge in [-0.3, -0.25) is 0 Å². The first-order chi connectivity index (χ1) is 8.54. The van der Waals surface area contributed by atoms with Crippen LogP contribution in [0.2, 0.25) is 0 Å². The van der Waals surface area contributed by atoms with E-state index in [1.54, 1.807) is 0 Å². The van der Waals surface area contributed by atoms with E-state index in [4.69, 9.17) is 5.73 Å². The van der Waals surface area contributed by atoms with Gasteiger partial charge in [0, 0.05) is 11.6 Å². The Hall–Kier alpha value is -1.15. The second kappa shape index (κ2) is 6.53. The number of rotatable bonds is 3. The van der Waals surface area contributed by atoms with Crippen LogP contribution in [0.5, 0.6) is 5.75 Å². The average molecular weight is 324 g/mol. The number of hydrogen-bond acceptors (Lipinski definition) is 2. The van der Waals surface area contributed by atoms with Crippen molar-refractivity contribution in [1.82, 2.24) is 0 Å². The minimum atomic E-state index is -4.60. The molecule has 0 saturated carbocycles. The average Bonchev–Trinajstić information content (AvgIpc) is 2.24. The maximum atomic E-state index is 12.4. The standard InChI is InChI=1S/C11H11F6NO.ClH/c1-19-9-4-6(11(15,16)17)2-3-7(9)8(18)5-10(12,13)14;/h2-4,8H,5,18H2,1H3;1H/t8-;/m0./s1.